The first-order chi connectivity index (χ1) is 8.77. The molecule has 0 unspecified atom stereocenters. The van der Waals surface area contributed by atoms with Gasteiger partial charge in [0.1, 0.15) is 6.54 Å². The van der Waals surface area contributed by atoms with Gasteiger partial charge in [-0.1, -0.05) is 0 Å². The van der Waals surface area contributed by atoms with E-state index in [1.165, 1.54) is 6.42 Å². The van der Waals surface area contributed by atoms with Crippen LogP contribution in [-0.4, -0.2) is 67.6 Å². The first-order valence-corrected chi connectivity index (χ1v) is 6.68. The molecule has 110 valence electrons. The molecule has 0 saturated carbocycles. The Morgan fingerprint density at radius 2 is 1.68 bits per heavy atom. The van der Waals surface area contributed by atoms with Gasteiger partial charge in [-0.15, -0.1) is 24.0 Å². The summed E-state index contributed by atoms with van der Waals surface area (Å²) in [5, 5.41) is 0. The van der Waals surface area contributed by atoms with Gasteiger partial charge in [-0.05, 0) is 19.3 Å². The second-order valence-corrected chi connectivity index (χ2v) is 4.72. The van der Waals surface area contributed by atoms with E-state index >= 15 is 0 Å². The lowest BCUT2D eigenvalue weighted by Gasteiger charge is -2.28. The van der Waals surface area contributed by atoms with E-state index in [1.54, 1.807) is 4.90 Å². The van der Waals surface area contributed by atoms with Gasteiger partial charge in [0.05, 0.1) is 13.2 Å². The summed E-state index contributed by atoms with van der Waals surface area (Å²) < 4.78 is 5.21. The van der Waals surface area contributed by atoms with Crippen LogP contribution in [0.1, 0.15) is 19.3 Å². The van der Waals surface area contributed by atoms with Gasteiger partial charge in [-0.2, -0.15) is 0 Å². The van der Waals surface area contributed by atoms with Crippen LogP contribution in [0.15, 0.2) is 4.99 Å². The molecule has 0 aliphatic carbocycles. The fourth-order valence-electron chi connectivity index (χ4n) is 2.28. The van der Waals surface area contributed by atoms with E-state index in [2.05, 4.69) is 9.89 Å². The molecule has 0 bridgehead atoms. The Bertz CT molecular complexity index is 313. The van der Waals surface area contributed by atoms with E-state index in [1.807, 2.05) is 0 Å². The molecule has 6 nitrogen and oxygen atoms in total. The predicted molar refractivity (Wildman–Crippen MR) is 84.7 cm³/mol. The number of halogens is 1. The zero-order valence-electron chi connectivity index (χ0n) is 11.2. The van der Waals surface area contributed by atoms with Crippen LogP contribution in [0.25, 0.3) is 0 Å². The van der Waals surface area contributed by atoms with Crippen LogP contribution in [0.2, 0.25) is 0 Å². The number of morpholine rings is 1. The molecule has 2 rings (SSSR count). The summed E-state index contributed by atoms with van der Waals surface area (Å²) in [4.78, 5) is 19.9. The topological polar surface area (TPSA) is 71.2 Å². The molecule has 19 heavy (non-hydrogen) atoms. The number of nitrogens with two attached hydrogens (primary N) is 1. The van der Waals surface area contributed by atoms with E-state index in [-0.39, 0.29) is 36.4 Å². The number of likely N-dealkylation sites (tertiary alicyclic amines) is 1. The third-order valence-electron chi connectivity index (χ3n) is 3.42. The molecule has 2 heterocycles. The largest absolute Gasteiger partial charge is 0.378 e. The third kappa shape index (κ3) is 5.13. The van der Waals surface area contributed by atoms with E-state index in [9.17, 15) is 4.79 Å². The Morgan fingerprint density at radius 3 is 2.32 bits per heavy atom. The molecule has 1 amide bonds. The molecule has 2 fully saturated rings. The van der Waals surface area contributed by atoms with Gasteiger partial charge in [0, 0.05) is 26.2 Å². The smallest absolute Gasteiger partial charge is 0.244 e. The lowest BCUT2D eigenvalue weighted by atomic mass is 10.1. The monoisotopic (exact) mass is 382 g/mol. The van der Waals surface area contributed by atoms with Crippen molar-refractivity contribution in [1.29, 1.82) is 0 Å². The summed E-state index contributed by atoms with van der Waals surface area (Å²) in [5.41, 5.74) is 5.91. The Hall–Kier alpha value is -0.570. The standard InChI is InChI=1S/C12H22N4O2.HI/c13-12(16-4-2-1-3-5-16)14-10-11(17)15-6-8-18-9-7-15;/h1-10H2,(H2,13,14);1H. The molecule has 7 heteroatoms. The zero-order valence-corrected chi connectivity index (χ0v) is 13.5. The van der Waals surface area contributed by atoms with Gasteiger partial charge in [-0.3, -0.25) is 4.79 Å². The highest BCUT2D eigenvalue weighted by atomic mass is 127. The molecule has 2 saturated heterocycles. The maximum Gasteiger partial charge on any atom is 0.244 e. The van der Waals surface area contributed by atoms with Gasteiger partial charge < -0.3 is 20.3 Å². The fraction of sp³-hybridized carbons (Fsp3) is 0.833. The van der Waals surface area contributed by atoms with Crippen molar-refractivity contribution in [3.05, 3.63) is 0 Å². The number of carbonyl (C=O) groups is 1. The van der Waals surface area contributed by atoms with Gasteiger partial charge in [0.15, 0.2) is 5.96 Å². The number of hydrogen-bond acceptors (Lipinski definition) is 3. The van der Waals surface area contributed by atoms with Crippen LogP contribution in [0.3, 0.4) is 0 Å². The van der Waals surface area contributed by atoms with E-state index in [0.717, 1.165) is 25.9 Å². The third-order valence-corrected chi connectivity index (χ3v) is 3.42. The lowest BCUT2D eigenvalue weighted by Crippen LogP contribution is -2.44. The molecule has 2 aliphatic heterocycles. The molecule has 0 aromatic carbocycles. The number of hydrogen-bond donors (Lipinski definition) is 1. The highest BCUT2D eigenvalue weighted by molar-refractivity contribution is 14.0. The quantitative estimate of drug-likeness (QED) is 0.423. The molecule has 2 N–H and O–H groups in total. The Kier molecular flexibility index (Phi) is 7.44. The Morgan fingerprint density at radius 1 is 1.05 bits per heavy atom. The van der Waals surface area contributed by atoms with Crippen molar-refractivity contribution in [3.63, 3.8) is 0 Å². The van der Waals surface area contributed by atoms with E-state index in [0.29, 0.717) is 32.3 Å². The van der Waals surface area contributed by atoms with Crippen molar-refractivity contribution >= 4 is 35.8 Å². The first kappa shape index (κ1) is 16.5. The SMILES string of the molecule is I.NC(=NCC(=O)N1CCOCC1)N1CCCCC1. The number of ether oxygens (including phenoxy) is 1. The lowest BCUT2D eigenvalue weighted by molar-refractivity contribution is -0.133. The number of carbonyl (C=O) groups excluding carboxylic acids is 1. The molecule has 2 aliphatic rings. The van der Waals surface area contributed by atoms with Crippen molar-refractivity contribution in [3.8, 4) is 0 Å². The summed E-state index contributed by atoms with van der Waals surface area (Å²) in [6.45, 7) is 4.65. The van der Waals surface area contributed by atoms with Crippen molar-refractivity contribution in [1.82, 2.24) is 9.80 Å². The summed E-state index contributed by atoms with van der Waals surface area (Å²) in [7, 11) is 0. The van der Waals surface area contributed by atoms with Gasteiger partial charge >= 0.3 is 0 Å². The van der Waals surface area contributed by atoms with E-state index < -0.39 is 0 Å². The van der Waals surface area contributed by atoms with Crippen LogP contribution >= 0.6 is 24.0 Å². The van der Waals surface area contributed by atoms with E-state index in [4.69, 9.17) is 10.5 Å². The maximum absolute atomic E-state index is 11.9. The highest BCUT2D eigenvalue weighted by Crippen LogP contribution is 2.07. The minimum Gasteiger partial charge on any atom is -0.378 e. The fourth-order valence-corrected chi connectivity index (χ4v) is 2.28. The maximum atomic E-state index is 11.9. The summed E-state index contributed by atoms with van der Waals surface area (Å²) >= 11 is 0. The average Bonchev–Trinajstić information content (AvgIpc) is 2.46. The van der Waals surface area contributed by atoms with Crippen molar-refractivity contribution in [2.75, 3.05) is 45.9 Å². The molecule has 0 radical (unpaired) electrons. The Balaban J connectivity index is 0.00000180. The first-order valence-electron chi connectivity index (χ1n) is 6.68. The Labute approximate surface area is 131 Å². The molecule has 0 aromatic heterocycles. The zero-order chi connectivity index (χ0) is 12.8. The number of rotatable bonds is 2. The molecule has 0 aromatic rings. The number of aliphatic imine (C=N–C) groups is 1. The van der Waals surface area contributed by atoms with Gasteiger partial charge in [-0.25, -0.2) is 4.99 Å². The number of nitrogens with zero attached hydrogens (tertiary/aromatic N) is 3. The normalized spacial score (nSPS) is 20.9. The number of amides is 1. The predicted octanol–water partition coefficient (Wildman–Crippen LogP) is 0.264. The van der Waals surface area contributed by atoms with Gasteiger partial charge in [0.2, 0.25) is 5.91 Å². The summed E-state index contributed by atoms with van der Waals surface area (Å²) in [6.07, 6.45) is 3.58. The van der Waals surface area contributed by atoms with Crippen LogP contribution in [-0.2, 0) is 9.53 Å². The molecular formula is C12H23IN4O2. The number of guanidine groups is 1. The minimum absolute atomic E-state index is 0. The summed E-state index contributed by atoms with van der Waals surface area (Å²) in [6, 6.07) is 0. The molecular weight excluding hydrogens is 359 g/mol. The van der Waals surface area contributed by atoms with Crippen molar-refractivity contribution < 1.29 is 9.53 Å². The van der Waals surface area contributed by atoms with Crippen LogP contribution < -0.4 is 5.73 Å². The van der Waals surface area contributed by atoms with Crippen LogP contribution in [0.5, 0.6) is 0 Å². The second kappa shape index (κ2) is 8.57. The van der Waals surface area contributed by atoms with Crippen molar-refractivity contribution in [2.24, 2.45) is 10.7 Å². The molecule has 0 atom stereocenters. The average molecular weight is 382 g/mol. The molecule has 0 spiro atoms. The minimum atomic E-state index is 0. The van der Waals surface area contributed by atoms with Crippen LogP contribution in [0, 0.1) is 0 Å². The van der Waals surface area contributed by atoms with Gasteiger partial charge in [0.25, 0.3) is 0 Å². The highest BCUT2D eigenvalue weighted by Gasteiger charge is 2.17. The number of piperidine rings is 1. The van der Waals surface area contributed by atoms with Crippen LogP contribution in [0.4, 0.5) is 0 Å². The summed E-state index contributed by atoms with van der Waals surface area (Å²) in [5.74, 6) is 0.551. The second-order valence-electron chi connectivity index (χ2n) is 4.72. The van der Waals surface area contributed by atoms with Crippen molar-refractivity contribution in [2.45, 2.75) is 19.3 Å².